The molecule has 1 unspecified atom stereocenters. The van der Waals surface area contributed by atoms with Gasteiger partial charge in [0.2, 0.25) is 11.8 Å². The third-order valence-corrected chi connectivity index (χ3v) is 8.45. The molecule has 3 fully saturated rings. The number of piperidine rings is 3. The van der Waals surface area contributed by atoms with Gasteiger partial charge < -0.3 is 24.2 Å². The molecule has 0 aliphatic carbocycles. The number of imide groups is 1. The minimum Gasteiger partial charge on any atom is -0.490 e. The number of carbonyl (C=O) groups excluding carboxylic acids is 4. The van der Waals surface area contributed by atoms with Crippen LogP contribution >= 0.6 is 0 Å². The lowest BCUT2D eigenvalue weighted by atomic mass is 9.93. The van der Waals surface area contributed by atoms with Crippen LogP contribution in [0, 0.1) is 5.92 Å². The van der Waals surface area contributed by atoms with Crippen molar-refractivity contribution < 1.29 is 28.7 Å². The predicted molar refractivity (Wildman–Crippen MR) is 148 cm³/mol. The Morgan fingerprint density at radius 2 is 1.73 bits per heavy atom. The van der Waals surface area contributed by atoms with Gasteiger partial charge in [0.1, 0.15) is 23.5 Å². The van der Waals surface area contributed by atoms with Crippen molar-refractivity contribution in [3.8, 4) is 5.75 Å². The highest BCUT2D eigenvalue weighted by molar-refractivity contribution is 6.05. The van der Waals surface area contributed by atoms with Crippen LogP contribution < -0.4 is 10.1 Å². The van der Waals surface area contributed by atoms with E-state index in [-0.39, 0.29) is 30.4 Å². The number of carbonyl (C=O) groups is 4. The lowest BCUT2D eigenvalue weighted by Gasteiger charge is -2.36. The standard InChI is InChI=1S/C30H42N4O6/c1-30(2,3)40-29(38)33-16-9-20(10-17-33)8-13-32-14-11-22(12-15-32)39-23-4-5-24-21(18-23)19-34(28(24)37)25-6-7-26(35)31-27(25)36/h4-5,18,20,22,25H,6-17,19H2,1-3H3,(H,31,35,36). The molecule has 3 saturated heterocycles. The number of amides is 4. The largest absolute Gasteiger partial charge is 0.490 e. The third kappa shape index (κ3) is 6.77. The highest BCUT2D eigenvalue weighted by Crippen LogP contribution is 2.31. The zero-order valence-corrected chi connectivity index (χ0v) is 23.9. The number of hydrogen-bond acceptors (Lipinski definition) is 7. The molecular weight excluding hydrogens is 512 g/mol. The second-order valence-electron chi connectivity index (χ2n) is 12.6. The minimum atomic E-state index is -0.608. The van der Waals surface area contributed by atoms with Crippen molar-refractivity contribution in [2.75, 3.05) is 32.7 Å². The fourth-order valence-electron chi connectivity index (χ4n) is 6.16. The van der Waals surface area contributed by atoms with Crippen LogP contribution in [0.4, 0.5) is 4.79 Å². The van der Waals surface area contributed by atoms with Crippen LogP contribution in [0.25, 0.3) is 0 Å². The van der Waals surface area contributed by atoms with E-state index >= 15 is 0 Å². The maximum absolute atomic E-state index is 12.9. The van der Waals surface area contributed by atoms with Crippen molar-refractivity contribution in [1.82, 2.24) is 20.0 Å². The van der Waals surface area contributed by atoms with Gasteiger partial charge in [-0.2, -0.15) is 0 Å². The van der Waals surface area contributed by atoms with Crippen molar-refractivity contribution >= 4 is 23.8 Å². The van der Waals surface area contributed by atoms with Crippen molar-refractivity contribution in [3.63, 3.8) is 0 Å². The molecule has 5 rings (SSSR count). The van der Waals surface area contributed by atoms with E-state index in [0.29, 0.717) is 24.4 Å². The third-order valence-electron chi connectivity index (χ3n) is 8.45. The summed E-state index contributed by atoms with van der Waals surface area (Å²) >= 11 is 0. The number of fused-ring (bicyclic) bond motifs is 1. The lowest BCUT2D eigenvalue weighted by Crippen LogP contribution is -2.52. The molecule has 10 nitrogen and oxygen atoms in total. The van der Waals surface area contributed by atoms with Crippen molar-refractivity contribution in [2.24, 2.45) is 5.92 Å². The van der Waals surface area contributed by atoms with Gasteiger partial charge in [-0.15, -0.1) is 0 Å². The Hall–Kier alpha value is -3.14. The number of hydrogen-bond donors (Lipinski definition) is 1. The van der Waals surface area contributed by atoms with E-state index in [0.717, 1.165) is 76.1 Å². The van der Waals surface area contributed by atoms with E-state index in [1.165, 1.54) is 0 Å². The normalized spacial score (nSPS) is 23.3. The van der Waals surface area contributed by atoms with E-state index in [1.54, 1.807) is 11.0 Å². The van der Waals surface area contributed by atoms with E-state index < -0.39 is 17.6 Å². The molecule has 1 N–H and O–H groups in total. The predicted octanol–water partition coefficient (Wildman–Crippen LogP) is 3.33. The number of likely N-dealkylation sites (tertiary alicyclic amines) is 2. The highest BCUT2D eigenvalue weighted by Gasteiger charge is 2.39. The zero-order chi connectivity index (χ0) is 28.4. The molecule has 1 aromatic rings. The average Bonchev–Trinajstić information content (AvgIpc) is 3.23. The summed E-state index contributed by atoms with van der Waals surface area (Å²) in [6.45, 7) is 10.7. The van der Waals surface area contributed by atoms with Crippen LogP contribution in [0.1, 0.15) is 81.6 Å². The maximum atomic E-state index is 12.9. The molecule has 0 spiro atoms. The van der Waals surface area contributed by atoms with Gasteiger partial charge in [0.15, 0.2) is 0 Å². The van der Waals surface area contributed by atoms with E-state index in [1.807, 2.05) is 37.8 Å². The molecule has 0 bridgehead atoms. The van der Waals surface area contributed by atoms with Gasteiger partial charge >= 0.3 is 6.09 Å². The molecule has 10 heteroatoms. The topological polar surface area (TPSA) is 108 Å². The van der Waals surface area contributed by atoms with Gasteiger partial charge in [-0.25, -0.2) is 4.79 Å². The summed E-state index contributed by atoms with van der Waals surface area (Å²) in [6.07, 6.45) is 5.65. The molecule has 0 saturated carbocycles. The molecule has 4 aliphatic rings. The molecule has 4 heterocycles. The van der Waals surface area contributed by atoms with Crippen LogP contribution in [-0.4, -0.2) is 89.0 Å². The zero-order valence-electron chi connectivity index (χ0n) is 23.9. The Labute approximate surface area is 236 Å². The van der Waals surface area contributed by atoms with E-state index in [9.17, 15) is 19.2 Å². The monoisotopic (exact) mass is 554 g/mol. The fraction of sp³-hybridized carbons (Fsp3) is 0.667. The molecule has 0 aromatic heterocycles. The van der Waals surface area contributed by atoms with Gasteiger partial charge in [0.25, 0.3) is 5.91 Å². The van der Waals surface area contributed by atoms with Gasteiger partial charge in [0.05, 0.1) is 0 Å². The SMILES string of the molecule is CC(C)(C)OC(=O)N1CCC(CCN2CCC(Oc3ccc4c(c3)CN(C3CCC(=O)NC3=O)C4=O)CC2)CC1. The summed E-state index contributed by atoms with van der Waals surface area (Å²) in [5.74, 6) is 0.549. The summed E-state index contributed by atoms with van der Waals surface area (Å²) in [4.78, 5) is 54.9. The van der Waals surface area contributed by atoms with Crippen molar-refractivity contribution in [1.29, 1.82) is 0 Å². The fourth-order valence-corrected chi connectivity index (χ4v) is 6.16. The van der Waals surface area contributed by atoms with Crippen LogP contribution in [0.15, 0.2) is 18.2 Å². The van der Waals surface area contributed by atoms with Gasteiger partial charge in [-0.05, 0) is 95.5 Å². The first-order valence-corrected chi connectivity index (χ1v) is 14.7. The van der Waals surface area contributed by atoms with Gasteiger partial charge in [0, 0.05) is 44.7 Å². The number of nitrogens with zero attached hydrogens (tertiary/aromatic N) is 3. The molecule has 218 valence electrons. The van der Waals surface area contributed by atoms with Gasteiger partial charge in [-0.1, -0.05) is 0 Å². The Bertz CT molecular complexity index is 1130. The average molecular weight is 555 g/mol. The van der Waals surface area contributed by atoms with Crippen LogP contribution in [0.3, 0.4) is 0 Å². The summed E-state index contributed by atoms with van der Waals surface area (Å²) in [6, 6.07) is 4.96. The summed E-state index contributed by atoms with van der Waals surface area (Å²) in [7, 11) is 0. The highest BCUT2D eigenvalue weighted by atomic mass is 16.6. The molecule has 4 amide bonds. The van der Waals surface area contributed by atoms with Crippen LogP contribution in [0.2, 0.25) is 0 Å². The Morgan fingerprint density at radius 1 is 1.00 bits per heavy atom. The summed E-state index contributed by atoms with van der Waals surface area (Å²) < 4.78 is 11.8. The minimum absolute atomic E-state index is 0.134. The second kappa shape index (κ2) is 11.8. The number of benzene rings is 1. The molecule has 1 atom stereocenters. The quantitative estimate of drug-likeness (QED) is 0.538. The molecule has 4 aliphatic heterocycles. The second-order valence-corrected chi connectivity index (χ2v) is 12.6. The number of ether oxygens (including phenoxy) is 2. The van der Waals surface area contributed by atoms with Crippen molar-refractivity contribution in [2.45, 2.75) is 90.0 Å². The van der Waals surface area contributed by atoms with Crippen LogP contribution in [0.5, 0.6) is 5.75 Å². The molecule has 0 radical (unpaired) electrons. The first kappa shape index (κ1) is 28.4. The van der Waals surface area contributed by atoms with E-state index in [4.69, 9.17) is 9.47 Å². The maximum Gasteiger partial charge on any atom is 0.410 e. The lowest BCUT2D eigenvalue weighted by molar-refractivity contribution is -0.136. The molecular formula is C30H42N4O6. The van der Waals surface area contributed by atoms with Crippen LogP contribution in [-0.2, 0) is 20.9 Å². The summed E-state index contributed by atoms with van der Waals surface area (Å²) in [5, 5.41) is 2.34. The Morgan fingerprint density at radius 3 is 2.40 bits per heavy atom. The Kier molecular flexibility index (Phi) is 8.35. The first-order chi connectivity index (χ1) is 19.1. The molecule has 40 heavy (non-hydrogen) atoms. The Balaban J connectivity index is 1.03. The smallest absolute Gasteiger partial charge is 0.410 e. The summed E-state index contributed by atoms with van der Waals surface area (Å²) in [5.41, 5.74) is 1.01. The van der Waals surface area contributed by atoms with E-state index in [2.05, 4.69) is 10.2 Å². The first-order valence-electron chi connectivity index (χ1n) is 14.7. The number of nitrogens with one attached hydrogen (secondary N) is 1. The van der Waals surface area contributed by atoms with Crippen molar-refractivity contribution in [3.05, 3.63) is 29.3 Å². The number of rotatable bonds is 6. The van der Waals surface area contributed by atoms with Gasteiger partial charge in [-0.3, -0.25) is 19.7 Å². The molecule has 1 aromatic carbocycles.